The van der Waals surface area contributed by atoms with Crippen LogP contribution >= 0.6 is 11.3 Å². The number of fused-ring (bicyclic) bond motifs is 1. The van der Waals surface area contributed by atoms with Gasteiger partial charge in [0, 0.05) is 5.56 Å². The molecule has 0 spiro atoms. The molecule has 3 nitrogen and oxygen atoms in total. The number of anilines is 1. The lowest BCUT2D eigenvalue weighted by Crippen LogP contribution is -2.31. The Morgan fingerprint density at radius 1 is 0.931 bits per heavy atom. The van der Waals surface area contributed by atoms with E-state index in [0.717, 1.165) is 37.6 Å². The molecule has 146 valence electrons. The molecule has 0 aliphatic carbocycles. The number of nitrogens with zero attached hydrogens (tertiary/aromatic N) is 2. The maximum Gasteiger partial charge on any atom is 0.260 e. The van der Waals surface area contributed by atoms with Gasteiger partial charge in [-0.3, -0.25) is 9.69 Å². The number of hydrogen-bond donors (Lipinski definition) is 0. The fourth-order valence-corrected chi connectivity index (χ4v) is 4.46. The van der Waals surface area contributed by atoms with Gasteiger partial charge in [-0.05, 0) is 62.1 Å². The maximum atomic E-state index is 13.6. The summed E-state index contributed by atoms with van der Waals surface area (Å²) in [7, 11) is 0. The highest BCUT2D eigenvalue weighted by Crippen LogP contribution is 2.33. The molecule has 0 unspecified atom stereocenters. The Labute approximate surface area is 175 Å². The molecule has 0 radical (unpaired) electrons. The van der Waals surface area contributed by atoms with Gasteiger partial charge >= 0.3 is 0 Å². The van der Waals surface area contributed by atoms with E-state index in [4.69, 9.17) is 4.98 Å². The lowest BCUT2D eigenvalue weighted by molar-refractivity contribution is 0.0984. The van der Waals surface area contributed by atoms with E-state index < -0.39 is 0 Å². The molecule has 0 aliphatic heterocycles. The molecule has 1 amide bonds. The number of aromatic nitrogens is 1. The zero-order chi connectivity index (χ0) is 20.5. The van der Waals surface area contributed by atoms with Crippen LogP contribution in [0, 0.1) is 27.7 Å². The molecule has 0 atom stereocenters. The maximum absolute atomic E-state index is 13.6. The van der Waals surface area contributed by atoms with E-state index in [1.165, 1.54) is 11.1 Å². The van der Waals surface area contributed by atoms with Gasteiger partial charge in [-0.15, -0.1) is 0 Å². The van der Waals surface area contributed by atoms with Crippen LogP contribution in [0.4, 0.5) is 5.13 Å². The van der Waals surface area contributed by atoms with Crippen molar-refractivity contribution in [3.63, 3.8) is 0 Å². The number of hydrogen-bond acceptors (Lipinski definition) is 3. The van der Waals surface area contributed by atoms with Crippen molar-refractivity contribution < 1.29 is 4.79 Å². The van der Waals surface area contributed by atoms with E-state index >= 15 is 0 Å². The monoisotopic (exact) mass is 400 g/mol. The summed E-state index contributed by atoms with van der Waals surface area (Å²) in [5.74, 6) is -0.0107. The van der Waals surface area contributed by atoms with Crippen molar-refractivity contribution in [1.82, 2.24) is 4.98 Å². The van der Waals surface area contributed by atoms with Gasteiger partial charge < -0.3 is 0 Å². The highest BCUT2D eigenvalue weighted by Gasteiger charge is 2.23. The van der Waals surface area contributed by atoms with Crippen molar-refractivity contribution in [3.8, 4) is 0 Å². The predicted molar refractivity (Wildman–Crippen MR) is 122 cm³/mol. The van der Waals surface area contributed by atoms with Crippen LogP contribution in [-0.2, 0) is 6.54 Å². The second kappa shape index (κ2) is 7.80. The number of benzene rings is 3. The summed E-state index contributed by atoms with van der Waals surface area (Å²) in [5.41, 5.74) is 7.23. The van der Waals surface area contributed by atoms with Gasteiger partial charge in [0.25, 0.3) is 5.91 Å². The van der Waals surface area contributed by atoms with Gasteiger partial charge in [0.1, 0.15) is 0 Å². The molecule has 0 aliphatic rings. The summed E-state index contributed by atoms with van der Waals surface area (Å²) in [6.07, 6.45) is 0. The number of thiazole rings is 1. The minimum absolute atomic E-state index is 0.0107. The molecule has 1 heterocycles. The van der Waals surface area contributed by atoms with Gasteiger partial charge in [0.15, 0.2) is 5.13 Å². The lowest BCUT2D eigenvalue weighted by atomic mass is 10.0. The average Bonchev–Trinajstić information content (AvgIpc) is 3.16. The molecule has 4 heteroatoms. The summed E-state index contributed by atoms with van der Waals surface area (Å²) < 4.78 is 1.11. The van der Waals surface area contributed by atoms with Crippen molar-refractivity contribution in [1.29, 1.82) is 0 Å². The number of amides is 1. The normalized spacial score (nSPS) is 11.0. The van der Waals surface area contributed by atoms with Crippen molar-refractivity contribution in [2.45, 2.75) is 34.2 Å². The summed E-state index contributed by atoms with van der Waals surface area (Å²) >= 11 is 1.57. The van der Waals surface area contributed by atoms with E-state index in [1.54, 1.807) is 11.3 Å². The predicted octanol–water partition coefficient (Wildman–Crippen LogP) is 6.38. The molecule has 0 saturated heterocycles. The van der Waals surface area contributed by atoms with Crippen molar-refractivity contribution >= 4 is 32.6 Å². The first-order valence-corrected chi connectivity index (χ1v) is 10.6. The number of rotatable bonds is 4. The summed E-state index contributed by atoms with van der Waals surface area (Å²) in [5, 5.41) is 0.739. The van der Waals surface area contributed by atoms with Crippen LogP contribution in [0.3, 0.4) is 0 Å². The Bertz CT molecular complexity index is 1190. The van der Waals surface area contributed by atoms with Gasteiger partial charge in [-0.1, -0.05) is 65.4 Å². The minimum Gasteiger partial charge on any atom is -0.279 e. The van der Waals surface area contributed by atoms with E-state index in [1.807, 2.05) is 67.3 Å². The second-order valence-electron chi connectivity index (χ2n) is 7.55. The molecule has 0 N–H and O–H groups in total. The van der Waals surface area contributed by atoms with Crippen LogP contribution in [0.15, 0.2) is 60.7 Å². The Morgan fingerprint density at radius 2 is 1.66 bits per heavy atom. The smallest absolute Gasteiger partial charge is 0.260 e. The average molecular weight is 401 g/mol. The van der Waals surface area contributed by atoms with Crippen molar-refractivity contribution in [2.75, 3.05) is 4.90 Å². The standard InChI is InChI=1S/C25H24N2OS/c1-16-10-11-18(3)21(14-16)24(28)27(15-20-8-6-5-7-9-20)25-26-23-19(4)17(2)12-13-22(23)29-25/h5-14H,15H2,1-4H3. The van der Waals surface area contributed by atoms with Crippen LogP contribution in [0.2, 0.25) is 0 Å². The van der Waals surface area contributed by atoms with Crippen LogP contribution < -0.4 is 4.90 Å². The third-order valence-electron chi connectivity index (χ3n) is 5.36. The van der Waals surface area contributed by atoms with Crippen LogP contribution in [0.5, 0.6) is 0 Å². The Hall–Kier alpha value is -2.98. The Morgan fingerprint density at radius 3 is 2.41 bits per heavy atom. The highest BCUT2D eigenvalue weighted by atomic mass is 32.1. The van der Waals surface area contributed by atoms with Gasteiger partial charge in [-0.25, -0.2) is 4.98 Å². The number of carbonyl (C=O) groups excluding carboxylic acids is 1. The van der Waals surface area contributed by atoms with E-state index in [-0.39, 0.29) is 5.91 Å². The summed E-state index contributed by atoms with van der Waals surface area (Å²) in [6.45, 7) is 8.68. The fraction of sp³-hybridized carbons (Fsp3) is 0.200. The largest absolute Gasteiger partial charge is 0.279 e. The first kappa shape index (κ1) is 19.3. The summed E-state index contributed by atoms with van der Waals surface area (Å²) in [4.78, 5) is 20.4. The van der Waals surface area contributed by atoms with Crippen LogP contribution in [0.25, 0.3) is 10.2 Å². The fourth-order valence-electron chi connectivity index (χ4n) is 3.43. The van der Waals surface area contributed by atoms with Crippen molar-refractivity contribution in [3.05, 3.63) is 94.0 Å². The molecular weight excluding hydrogens is 376 g/mol. The van der Waals surface area contributed by atoms with Crippen LogP contribution in [0.1, 0.15) is 38.2 Å². The third kappa shape index (κ3) is 3.81. The molecule has 29 heavy (non-hydrogen) atoms. The molecule has 0 bridgehead atoms. The molecular formula is C25H24N2OS. The van der Waals surface area contributed by atoms with Gasteiger partial charge in [0.2, 0.25) is 0 Å². The van der Waals surface area contributed by atoms with E-state index in [0.29, 0.717) is 6.54 Å². The topological polar surface area (TPSA) is 33.2 Å². The van der Waals surface area contributed by atoms with Gasteiger partial charge in [0.05, 0.1) is 16.8 Å². The number of carbonyl (C=O) groups is 1. The van der Waals surface area contributed by atoms with E-state index in [2.05, 4.69) is 26.0 Å². The Kier molecular flexibility index (Phi) is 5.20. The van der Waals surface area contributed by atoms with Crippen LogP contribution in [-0.4, -0.2) is 10.9 Å². The number of aryl methyl sites for hydroxylation is 4. The highest BCUT2D eigenvalue weighted by molar-refractivity contribution is 7.22. The SMILES string of the molecule is Cc1ccc(C)c(C(=O)N(Cc2ccccc2)c2nc3c(C)c(C)ccc3s2)c1. The Balaban J connectivity index is 1.83. The zero-order valence-corrected chi connectivity index (χ0v) is 18.0. The molecule has 1 aromatic heterocycles. The van der Waals surface area contributed by atoms with Crippen molar-refractivity contribution in [2.24, 2.45) is 0 Å². The molecule has 3 aromatic carbocycles. The van der Waals surface area contributed by atoms with Gasteiger partial charge in [-0.2, -0.15) is 0 Å². The quantitative estimate of drug-likeness (QED) is 0.398. The molecule has 4 rings (SSSR count). The first-order valence-electron chi connectivity index (χ1n) is 9.74. The minimum atomic E-state index is -0.0107. The third-order valence-corrected chi connectivity index (χ3v) is 6.40. The lowest BCUT2D eigenvalue weighted by Gasteiger charge is -2.21. The second-order valence-corrected chi connectivity index (χ2v) is 8.56. The van der Waals surface area contributed by atoms with E-state index in [9.17, 15) is 4.79 Å². The molecule has 0 fully saturated rings. The summed E-state index contributed by atoms with van der Waals surface area (Å²) in [6, 6.07) is 20.3. The molecule has 0 saturated carbocycles. The zero-order valence-electron chi connectivity index (χ0n) is 17.2. The first-order chi connectivity index (χ1) is 13.9. The molecule has 4 aromatic rings.